The third-order valence-electron chi connectivity index (χ3n) is 7.10. The zero-order valence-corrected chi connectivity index (χ0v) is 21.6. The summed E-state index contributed by atoms with van der Waals surface area (Å²) in [6.07, 6.45) is 10.4. The number of hydrogen-bond donors (Lipinski definition) is 3. The van der Waals surface area contributed by atoms with Gasteiger partial charge in [-0.1, -0.05) is 36.9 Å². The Balaban J connectivity index is 0.000000445. The second-order valence-electron chi connectivity index (χ2n) is 9.92. The number of nitriles is 1. The molecular formula is C27H37ClN6O2. The van der Waals surface area contributed by atoms with Gasteiger partial charge in [-0.25, -0.2) is 9.97 Å². The molecule has 0 radical (unpaired) electrons. The van der Waals surface area contributed by atoms with Gasteiger partial charge in [-0.05, 0) is 50.3 Å². The molecule has 0 spiro atoms. The summed E-state index contributed by atoms with van der Waals surface area (Å²) < 4.78 is 10.3. The highest BCUT2D eigenvalue weighted by Crippen LogP contribution is 2.32. The molecule has 5 rings (SSSR count). The summed E-state index contributed by atoms with van der Waals surface area (Å²) in [5, 5.41) is 17.1. The van der Waals surface area contributed by atoms with Crippen LogP contribution in [0.1, 0.15) is 51.4 Å². The van der Waals surface area contributed by atoms with Crippen molar-refractivity contribution in [2.24, 2.45) is 11.1 Å². The van der Waals surface area contributed by atoms with E-state index in [4.69, 9.17) is 31.8 Å². The molecule has 8 nitrogen and oxygen atoms in total. The van der Waals surface area contributed by atoms with Gasteiger partial charge in [0.2, 0.25) is 0 Å². The number of anilines is 2. The summed E-state index contributed by atoms with van der Waals surface area (Å²) in [6.45, 7) is 3.45. The zero-order chi connectivity index (χ0) is 25.2. The molecule has 9 heteroatoms. The van der Waals surface area contributed by atoms with Crippen LogP contribution in [0, 0.1) is 16.7 Å². The fourth-order valence-electron chi connectivity index (χ4n) is 4.76. The van der Waals surface area contributed by atoms with Crippen LogP contribution in [-0.2, 0) is 9.47 Å². The van der Waals surface area contributed by atoms with Crippen LogP contribution in [0.3, 0.4) is 0 Å². The molecule has 1 saturated carbocycles. The summed E-state index contributed by atoms with van der Waals surface area (Å²) in [7, 11) is 0. The van der Waals surface area contributed by atoms with Crippen molar-refractivity contribution in [3.8, 4) is 17.3 Å². The van der Waals surface area contributed by atoms with E-state index in [1.165, 1.54) is 32.1 Å². The average molecular weight is 513 g/mol. The van der Waals surface area contributed by atoms with Crippen molar-refractivity contribution < 1.29 is 9.47 Å². The van der Waals surface area contributed by atoms with E-state index in [9.17, 15) is 5.26 Å². The highest BCUT2D eigenvalue weighted by molar-refractivity contribution is 6.33. The van der Waals surface area contributed by atoms with Crippen molar-refractivity contribution in [3.63, 3.8) is 0 Å². The van der Waals surface area contributed by atoms with Crippen LogP contribution < -0.4 is 16.4 Å². The summed E-state index contributed by atoms with van der Waals surface area (Å²) in [4.78, 5) is 9.21. The number of pyridine rings is 2. The second-order valence-corrected chi connectivity index (χ2v) is 10.3. The molecule has 2 aromatic heterocycles. The van der Waals surface area contributed by atoms with E-state index >= 15 is 0 Å². The van der Waals surface area contributed by atoms with E-state index < -0.39 is 5.41 Å². The van der Waals surface area contributed by atoms with Gasteiger partial charge < -0.3 is 25.8 Å². The molecule has 0 amide bonds. The maximum atomic E-state index is 9.66. The lowest BCUT2D eigenvalue weighted by atomic mass is 9.82. The first-order valence-corrected chi connectivity index (χ1v) is 13.4. The molecule has 2 aromatic rings. The van der Waals surface area contributed by atoms with E-state index in [1.807, 2.05) is 24.3 Å². The molecule has 1 unspecified atom stereocenters. The Kier molecular flexibility index (Phi) is 9.76. The summed E-state index contributed by atoms with van der Waals surface area (Å²) >= 11 is 6.46. The number of halogens is 1. The lowest BCUT2D eigenvalue weighted by molar-refractivity contribution is 0.0455. The van der Waals surface area contributed by atoms with Gasteiger partial charge in [0.1, 0.15) is 11.6 Å². The fourth-order valence-corrected chi connectivity index (χ4v) is 4.96. The first kappa shape index (κ1) is 26.6. The molecule has 194 valence electrons. The van der Waals surface area contributed by atoms with Gasteiger partial charge in [0.25, 0.3) is 0 Å². The van der Waals surface area contributed by atoms with E-state index in [-0.39, 0.29) is 0 Å². The number of nitrogens with zero attached hydrogens (tertiary/aromatic N) is 3. The molecule has 0 aromatic carbocycles. The Bertz CT molecular complexity index is 1010. The van der Waals surface area contributed by atoms with Gasteiger partial charge in [-0.2, -0.15) is 5.26 Å². The molecule has 4 N–H and O–H groups in total. The fraction of sp³-hybridized carbons (Fsp3) is 0.593. The van der Waals surface area contributed by atoms with Gasteiger partial charge in [0, 0.05) is 50.2 Å². The van der Waals surface area contributed by atoms with Crippen LogP contribution in [0.15, 0.2) is 30.5 Å². The second kappa shape index (κ2) is 13.2. The van der Waals surface area contributed by atoms with E-state index in [1.54, 1.807) is 6.20 Å². The molecule has 2 saturated heterocycles. The smallest absolute Gasteiger partial charge is 0.126 e. The first-order valence-electron chi connectivity index (χ1n) is 13.0. The lowest BCUT2D eigenvalue weighted by Gasteiger charge is -2.30. The quantitative estimate of drug-likeness (QED) is 0.494. The molecule has 36 heavy (non-hydrogen) atoms. The Morgan fingerprint density at radius 3 is 2.56 bits per heavy atom. The lowest BCUT2D eigenvalue weighted by Crippen LogP contribution is -2.34. The van der Waals surface area contributed by atoms with Gasteiger partial charge in [0.05, 0.1) is 28.8 Å². The van der Waals surface area contributed by atoms with Crippen molar-refractivity contribution in [2.45, 2.75) is 63.5 Å². The minimum absolute atomic E-state index is 0.324. The molecule has 1 aliphatic carbocycles. The Labute approximate surface area is 218 Å². The molecule has 0 bridgehead atoms. The minimum Gasteiger partial charge on any atom is -0.381 e. The molecule has 3 aliphatic rings. The summed E-state index contributed by atoms with van der Waals surface area (Å²) in [6, 6.07) is 11.1. The number of nitrogens with one attached hydrogen (secondary N) is 2. The molecule has 2 aliphatic heterocycles. The van der Waals surface area contributed by atoms with E-state index in [0.29, 0.717) is 36.9 Å². The van der Waals surface area contributed by atoms with Crippen molar-refractivity contribution in [1.29, 1.82) is 5.26 Å². The monoisotopic (exact) mass is 512 g/mol. The molecule has 4 heterocycles. The predicted octanol–water partition coefficient (Wildman–Crippen LogP) is 5.01. The van der Waals surface area contributed by atoms with Crippen LogP contribution in [0.25, 0.3) is 11.3 Å². The Morgan fingerprint density at radius 1 is 1.08 bits per heavy atom. The van der Waals surface area contributed by atoms with Crippen molar-refractivity contribution >= 4 is 23.2 Å². The van der Waals surface area contributed by atoms with Gasteiger partial charge in [0.15, 0.2) is 0 Å². The summed E-state index contributed by atoms with van der Waals surface area (Å²) in [5.41, 5.74) is 6.65. The molecule has 3 fully saturated rings. The topological polar surface area (TPSA) is 118 Å². The van der Waals surface area contributed by atoms with Gasteiger partial charge in [-0.15, -0.1) is 0 Å². The number of aromatic nitrogens is 2. The molecule has 1 atom stereocenters. The van der Waals surface area contributed by atoms with Crippen molar-refractivity contribution in [2.75, 3.05) is 43.6 Å². The number of nitrogens with two attached hydrogens (primary N) is 1. The predicted molar refractivity (Wildman–Crippen MR) is 143 cm³/mol. The standard InChI is InChI=1S/C23H28ClN5O.C4H9NO/c24-19-14-26-22(28-17-5-2-1-3-6-17)13-18(19)20-7-4-8-21(29-20)27-16-23(15-25)9-11-30-12-10-23;5-4-1-2-6-3-4/h4,7-8,13-14,17H,1-3,5-6,9-12,16H2,(H,26,28)(H,27,29);4H,1-3,5H2. The normalized spacial score (nSPS) is 21.6. The van der Waals surface area contributed by atoms with E-state index in [0.717, 1.165) is 55.4 Å². The van der Waals surface area contributed by atoms with E-state index in [2.05, 4.69) is 21.7 Å². The van der Waals surface area contributed by atoms with Crippen LogP contribution in [0.2, 0.25) is 5.02 Å². The largest absolute Gasteiger partial charge is 0.381 e. The maximum absolute atomic E-state index is 9.66. The number of rotatable bonds is 6. The zero-order valence-electron chi connectivity index (χ0n) is 20.8. The average Bonchev–Trinajstić information content (AvgIpc) is 3.41. The van der Waals surface area contributed by atoms with Crippen LogP contribution in [0.4, 0.5) is 11.6 Å². The highest BCUT2D eigenvalue weighted by atomic mass is 35.5. The highest BCUT2D eigenvalue weighted by Gasteiger charge is 2.32. The third-order valence-corrected chi connectivity index (χ3v) is 7.40. The Hall–Kier alpha value is -2.44. The minimum atomic E-state index is -0.401. The SMILES string of the molecule is N#CC1(CNc2cccc(-c3cc(NC4CCCCC4)ncc3Cl)n2)CCOCC1.NC1CCOC1. The summed E-state index contributed by atoms with van der Waals surface area (Å²) in [5.74, 6) is 1.58. The van der Waals surface area contributed by atoms with Crippen LogP contribution in [-0.4, -0.2) is 55.0 Å². The number of hydrogen-bond acceptors (Lipinski definition) is 8. The Morgan fingerprint density at radius 2 is 1.89 bits per heavy atom. The van der Waals surface area contributed by atoms with Crippen LogP contribution >= 0.6 is 11.6 Å². The van der Waals surface area contributed by atoms with Gasteiger partial charge >= 0.3 is 0 Å². The first-order chi connectivity index (χ1) is 17.6. The maximum Gasteiger partial charge on any atom is 0.126 e. The molecular weight excluding hydrogens is 476 g/mol. The van der Waals surface area contributed by atoms with Crippen LogP contribution in [0.5, 0.6) is 0 Å². The van der Waals surface area contributed by atoms with Gasteiger partial charge in [-0.3, -0.25) is 0 Å². The number of ether oxygens (including phenoxy) is 2. The third kappa shape index (κ3) is 7.53. The van der Waals surface area contributed by atoms with Crippen molar-refractivity contribution in [3.05, 3.63) is 35.5 Å². The van der Waals surface area contributed by atoms with Crippen molar-refractivity contribution in [1.82, 2.24) is 9.97 Å².